The van der Waals surface area contributed by atoms with E-state index in [1.165, 1.54) is 5.56 Å². The van der Waals surface area contributed by atoms with E-state index in [0.717, 1.165) is 42.5 Å². The third kappa shape index (κ3) is 2.90. The average Bonchev–Trinajstić information content (AvgIpc) is 3.37. The summed E-state index contributed by atoms with van der Waals surface area (Å²) in [7, 11) is 0. The predicted molar refractivity (Wildman–Crippen MR) is 94.9 cm³/mol. The lowest BCUT2D eigenvalue weighted by Crippen LogP contribution is -2.34. The first kappa shape index (κ1) is 15.6. The molecule has 0 bridgehead atoms. The number of hydrogen-bond donors (Lipinski definition) is 1. The van der Waals surface area contributed by atoms with Gasteiger partial charge in [-0.2, -0.15) is 0 Å². The van der Waals surface area contributed by atoms with Crippen LogP contribution < -0.4 is 0 Å². The van der Waals surface area contributed by atoms with Crippen LogP contribution >= 0.6 is 11.3 Å². The molecule has 1 aromatic carbocycles. The summed E-state index contributed by atoms with van der Waals surface area (Å²) in [6, 6.07) is 14.2. The van der Waals surface area contributed by atoms with Gasteiger partial charge in [0.15, 0.2) is 10.8 Å². The van der Waals surface area contributed by atoms with E-state index in [9.17, 15) is 5.11 Å². The van der Waals surface area contributed by atoms with Crippen LogP contribution in [0.25, 0.3) is 10.8 Å². The van der Waals surface area contributed by atoms with Gasteiger partial charge in [-0.1, -0.05) is 30.3 Å². The highest BCUT2D eigenvalue weighted by Gasteiger charge is 2.39. The van der Waals surface area contributed by atoms with Crippen LogP contribution in [0.15, 0.2) is 58.5 Å². The van der Waals surface area contributed by atoms with Crippen LogP contribution in [0.2, 0.25) is 0 Å². The fourth-order valence-electron chi connectivity index (χ4n) is 3.46. The van der Waals surface area contributed by atoms with Gasteiger partial charge in [-0.15, -0.1) is 11.3 Å². The second kappa shape index (κ2) is 6.51. The molecule has 0 spiro atoms. The Morgan fingerprint density at radius 2 is 2.08 bits per heavy atom. The molecule has 1 N–H and O–H groups in total. The van der Waals surface area contributed by atoms with E-state index in [-0.39, 0.29) is 12.0 Å². The Morgan fingerprint density at radius 1 is 1.21 bits per heavy atom. The highest BCUT2D eigenvalue weighted by molar-refractivity contribution is 7.13. The van der Waals surface area contributed by atoms with Crippen molar-refractivity contribution in [3.8, 4) is 10.8 Å². The number of nitrogens with zero attached hydrogens (tertiary/aromatic N) is 2. The van der Waals surface area contributed by atoms with Crippen molar-refractivity contribution in [3.05, 3.63) is 65.4 Å². The van der Waals surface area contributed by atoms with Gasteiger partial charge in [0.2, 0.25) is 0 Å². The van der Waals surface area contributed by atoms with Crippen molar-refractivity contribution in [3.63, 3.8) is 0 Å². The standard InChI is InChI=1S/C19H20N2O2S/c22-14-19(15-5-2-1-3-6-15)8-9-21(13-19)11-16-12-24-18(20-16)17-7-4-10-23-17/h1-7,10,12,22H,8-9,11,13-14H2. The first-order valence-electron chi connectivity index (χ1n) is 8.16. The quantitative estimate of drug-likeness (QED) is 0.772. The van der Waals surface area contributed by atoms with E-state index in [2.05, 4.69) is 27.4 Å². The molecular weight excluding hydrogens is 320 g/mol. The molecule has 0 amide bonds. The molecule has 0 aliphatic carbocycles. The Labute approximate surface area is 145 Å². The maximum atomic E-state index is 10.0. The van der Waals surface area contributed by atoms with Gasteiger partial charge in [-0.3, -0.25) is 4.90 Å². The lowest BCUT2D eigenvalue weighted by molar-refractivity contribution is 0.188. The summed E-state index contributed by atoms with van der Waals surface area (Å²) in [5.74, 6) is 0.821. The molecule has 3 heterocycles. The molecule has 1 fully saturated rings. The third-order valence-corrected chi connectivity index (χ3v) is 5.70. The number of aliphatic hydroxyl groups excluding tert-OH is 1. The van der Waals surface area contributed by atoms with E-state index < -0.39 is 0 Å². The van der Waals surface area contributed by atoms with Crippen molar-refractivity contribution >= 4 is 11.3 Å². The van der Waals surface area contributed by atoms with Crippen molar-refractivity contribution in [2.24, 2.45) is 0 Å². The Hall–Kier alpha value is -1.95. The number of hydrogen-bond acceptors (Lipinski definition) is 5. The SMILES string of the molecule is OCC1(c2ccccc2)CCN(Cc2csc(-c3ccco3)n2)C1. The van der Waals surface area contributed by atoms with Crippen molar-refractivity contribution in [2.75, 3.05) is 19.7 Å². The molecule has 24 heavy (non-hydrogen) atoms. The zero-order valence-corrected chi connectivity index (χ0v) is 14.2. The number of aliphatic hydroxyl groups is 1. The zero-order valence-electron chi connectivity index (χ0n) is 13.4. The summed E-state index contributed by atoms with van der Waals surface area (Å²) in [6.07, 6.45) is 2.65. The fraction of sp³-hybridized carbons (Fsp3) is 0.316. The molecule has 4 rings (SSSR count). The van der Waals surface area contributed by atoms with Crippen LogP contribution in [-0.2, 0) is 12.0 Å². The number of likely N-dealkylation sites (tertiary alicyclic amines) is 1. The van der Waals surface area contributed by atoms with Crippen LogP contribution in [0.1, 0.15) is 17.7 Å². The maximum absolute atomic E-state index is 10.0. The van der Waals surface area contributed by atoms with Gasteiger partial charge < -0.3 is 9.52 Å². The summed E-state index contributed by atoms with van der Waals surface area (Å²) in [5, 5.41) is 13.0. The van der Waals surface area contributed by atoms with E-state index >= 15 is 0 Å². The van der Waals surface area contributed by atoms with Gasteiger partial charge in [0.05, 0.1) is 18.6 Å². The van der Waals surface area contributed by atoms with Crippen LogP contribution in [0.4, 0.5) is 0 Å². The fourth-order valence-corrected chi connectivity index (χ4v) is 4.24. The lowest BCUT2D eigenvalue weighted by atomic mass is 9.80. The largest absolute Gasteiger partial charge is 0.462 e. The van der Waals surface area contributed by atoms with Crippen LogP contribution in [0.3, 0.4) is 0 Å². The lowest BCUT2D eigenvalue weighted by Gasteiger charge is -2.27. The number of furan rings is 1. The summed E-state index contributed by atoms with van der Waals surface area (Å²) >= 11 is 1.61. The van der Waals surface area contributed by atoms with E-state index in [1.807, 2.05) is 30.3 Å². The Morgan fingerprint density at radius 3 is 2.83 bits per heavy atom. The van der Waals surface area contributed by atoms with Crippen LogP contribution in [-0.4, -0.2) is 34.7 Å². The first-order valence-corrected chi connectivity index (χ1v) is 9.04. The van der Waals surface area contributed by atoms with Crippen LogP contribution in [0.5, 0.6) is 0 Å². The third-order valence-electron chi connectivity index (χ3n) is 4.79. The van der Waals surface area contributed by atoms with Gasteiger partial charge in [0, 0.05) is 23.9 Å². The summed E-state index contributed by atoms with van der Waals surface area (Å²) in [6.45, 7) is 2.83. The Bertz CT molecular complexity index is 785. The number of aromatic nitrogens is 1. The van der Waals surface area contributed by atoms with Gasteiger partial charge >= 0.3 is 0 Å². The number of thiazole rings is 1. The summed E-state index contributed by atoms with van der Waals surface area (Å²) < 4.78 is 5.41. The van der Waals surface area contributed by atoms with Gasteiger partial charge in [0.25, 0.3) is 0 Å². The van der Waals surface area contributed by atoms with Crippen molar-refractivity contribution in [1.29, 1.82) is 0 Å². The monoisotopic (exact) mass is 340 g/mol. The minimum atomic E-state index is -0.152. The van der Waals surface area contributed by atoms with E-state index in [0.29, 0.717) is 0 Å². The van der Waals surface area contributed by atoms with E-state index in [1.54, 1.807) is 17.6 Å². The molecule has 0 radical (unpaired) electrons. The number of rotatable bonds is 5. The van der Waals surface area contributed by atoms with Gasteiger partial charge in [-0.25, -0.2) is 4.98 Å². The molecule has 3 aromatic rings. The minimum absolute atomic E-state index is 0.152. The average molecular weight is 340 g/mol. The highest BCUT2D eigenvalue weighted by atomic mass is 32.1. The molecule has 124 valence electrons. The molecule has 2 aromatic heterocycles. The van der Waals surface area contributed by atoms with E-state index in [4.69, 9.17) is 4.42 Å². The first-order chi connectivity index (χ1) is 11.8. The van der Waals surface area contributed by atoms with Crippen LogP contribution in [0, 0.1) is 0 Å². The summed E-state index contributed by atoms with van der Waals surface area (Å²) in [5.41, 5.74) is 2.14. The highest BCUT2D eigenvalue weighted by Crippen LogP contribution is 2.35. The second-order valence-corrected chi connectivity index (χ2v) is 7.24. The summed E-state index contributed by atoms with van der Waals surface area (Å²) in [4.78, 5) is 7.06. The number of benzene rings is 1. The van der Waals surface area contributed by atoms with Crippen molar-refractivity contribution < 1.29 is 9.52 Å². The predicted octanol–water partition coefficient (Wildman–Crippen LogP) is 3.54. The molecule has 1 unspecified atom stereocenters. The normalized spacial score (nSPS) is 21.4. The molecule has 1 atom stereocenters. The topological polar surface area (TPSA) is 49.5 Å². The molecule has 1 aliphatic heterocycles. The molecule has 4 nitrogen and oxygen atoms in total. The smallest absolute Gasteiger partial charge is 0.162 e. The van der Waals surface area contributed by atoms with Gasteiger partial charge in [-0.05, 0) is 30.7 Å². The molecule has 5 heteroatoms. The Kier molecular flexibility index (Phi) is 4.22. The maximum Gasteiger partial charge on any atom is 0.162 e. The minimum Gasteiger partial charge on any atom is -0.462 e. The molecule has 0 saturated carbocycles. The molecule has 1 aliphatic rings. The van der Waals surface area contributed by atoms with Crippen molar-refractivity contribution in [1.82, 2.24) is 9.88 Å². The molecule has 1 saturated heterocycles. The van der Waals surface area contributed by atoms with Gasteiger partial charge in [0.1, 0.15) is 0 Å². The zero-order chi connectivity index (χ0) is 16.4. The molecular formula is C19H20N2O2S. The second-order valence-electron chi connectivity index (χ2n) is 6.39. The van der Waals surface area contributed by atoms with Crippen molar-refractivity contribution in [2.45, 2.75) is 18.4 Å². The Balaban J connectivity index is 1.47.